The van der Waals surface area contributed by atoms with Crippen LogP contribution < -0.4 is 11.1 Å². The maximum Gasteiger partial charge on any atom is 0.198 e. The van der Waals surface area contributed by atoms with Crippen LogP contribution in [0.3, 0.4) is 0 Å². The van der Waals surface area contributed by atoms with Crippen LogP contribution in [-0.2, 0) is 0 Å². The van der Waals surface area contributed by atoms with Crippen LogP contribution in [0.25, 0.3) is 11.0 Å². The molecule has 0 bridgehead atoms. The maximum absolute atomic E-state index is 7.56. The number of rotatable bonds is 0. The number of imidazole rings is 1. The van der Waals surface area contributed by atoms with Crippen molar-refractivity contribution in [2.24, 2.45) is 0 Å². The van der Waals surface area contributed by atoms with Gasteiger partial charge in [0.05, 0.1) is 10.9 Å². The molecular weight excluding hydrogens is 152 g/mol. The molecule has 0 aliphatic carbocycles. The largest absolute Gasteiger partial charge is 0.369 e. The third-order valence-corrected chi connectivity index (χ3v) is 1.64. The molecule has 0 amide bonds. The number of aromatic nitrogens is 2. The minimum Gasteiger partial charge on any atom is -0.369 e. The van der Waals surface area contributed by atoms with Gasteiger partial charge in [-0.15, -0.1) is 0 Å². The number of fused-ring (bicyclic) bond motifs is 1. The van der Waals surface area contributed by atoms with Gasteiger partial charge in [-0.25, -0.2) is 4.98 Å². The van der Waals surface area contributed by atoms with Crippen LogP contribution in [0.5, 0.6) is 0 Å². The number of H-pyrrole nitrogens is 1. The fourth-order valence-corrected chi connectivity index (χ4v) is 1.11. The predicted molar refractivity (Wildman–Crippen MR) is 46.4 cm³/mol. The molecular formula is C8H8N4. The highest BCUT2D eigenvalue weighted by Crippen LogP contribution is 2.05. The summed E-state index contributed by atoms with van der Waals surface area (Å²) >= 11 is 0. The summed E-state index contributed by atoms with van der Waals surface area (Å²) in [6, 6.07) is 7.17. The Morgan fingerprint density at radius 1 is 1.33 bits per heavy atom. The van der Waals surface area contributed by atoms with Crippen LogP contribution in [0, 0.1) is 5.41 Å². The van der Waals surface area contributed by atoms with Crippen molar-refractivity contribution >= 4 is 17.0 Å². The van der Waals surface area contributed by atoms with Gasteiger partial charge < -0.3 is 10.7 Å². The summed E-state index contributed by atoms with van der Waals surface area (Å²) in [4.78, 5) is 6.85. The summed E-state index contributed by atoms with van der Waals surface area (Å²) in [6.07, 6.45) is 0. The Labute approximate surface area is 68.6 Å². The van der Waals surface area contributed by atoms with E-state index in [1.54, 1.807) is 12.1 Å². The third kappa shape index (κ3) is 0.934. The minimum atomic E-state index is 0.352. The first-order valence-electron chi connectivity index (χ1n) is 3.56. The first kappa shape index (κ1) is 6.84. The third-order valence-electron chi connectivity index (χ3n) is 1.64. The molecule has 4 nitrogen and oxygen atoms in total. The van der Waals surface area contributed by atoms with Gasteiger partial charge in [-0.2, -0.15) is 0 Å². The lowest BCUT2D eigenvalue weighted by Crippen LogP contribution is -1.95. The predicted octanol–water partition coefficient (Wildman–Crippen LogP) is 0.625. The van der Waals surface area contributed by atoms with Gasteiger partial charge in [0, 0.05) is 0 Å². The summed E-state index contributed by atoms with van der Waals surface area (Å²) in [5.74, 6) is 0.352. The van der Waals surface area contributed by atoms with Crippen molar-refractivity contribution < 1.29 is 0 Å². The van der Waals surface area contributed by atoms with Gasteiger partial charge in [-0.3, -0.25) is 5.41 Å². The van der Waals surface area contributed by atoms with Gasteiger partial charge >= 0.3 is 0 Å². The molecule has 2 rings (SSSR count). The SMILES string of the molecule is N=c1ccccc2[nH]c(N)nc12. The van der Waals surface area contributed by atoms with Crippen LogP contribution in [0.4, 0.5) is 5.95 Å². The van der Waals surface area contributed by atoms with Crippen LogP contribution >= 0.6 is 0 Å². The average Bonchev–Trinajstić information content (AvgIpc) is 2.33. The Balaban J connectivity index is 3.03. The number of aromatic amines is 1. The molecule has 0 radical (unpaired) electrons. The molecule has 4 heteroatoms. The smallest absolute Gasteiger partial charge is 0.198 e. The fourth-order valence-electron chi connectivity index (χ4n) is 1.11. The number of hydrogen-bond donors (Lipinski definition) is 3. The van der Waals surface area contributed by atoms with E-state index in [9.17, 15) is 0 Å². The van der Waals surface area contributed by atoms with E-state index in [4.69, 9.17) is 11.1 Å². The zero-order valence-electron chi connectivity index (χ0n) is 6.33. The molecule has 2 aromatic rings. The highest BCUT2D eigenvalue weighted by atomic mass is 15.0. The second-order valence-electron chi connectivity index (χ2n) is 2.52. The van der Waals surface area contributed by atoms with E-state index in [2.05, 4.69) is 9.97 Å². The Kier molecular flexibility index (Phi) is 1.33. The van der Waals surface area contributed by atoms with Crippen molar-refractivity contribution in [1.82, 2.24) is 9.97 Å². The molecule has 0 aliphatic rings. The Bertz CT molecular complexity index is 472. The molecule has 0 unspecified atom stereocenters. The van der Waals surface area contributed by atoms with E-state index in [1.807, 2.05) is 12.1 Å². The average molecular weight is 160 g/mol. The van der Waals surface area contributed by atoms with Gasteiger partial charge in [0.2, 0.25) is 0 Å². The lowest BCUT2D eigenvalue weighted by atomic mass is 10.4. The van der Waals surface area contributed by atoms with Crippen molar-refractivity contribution in [3.63, 3.8) is 0 Å². The number of nitrogens with zero attached hydrogens (tertiary/aromatic N) is 1. The van der Waals surface area contributed by atoms with Crippen LogP contribution in [-0.4, -0.2) is 9.97 Å². The number of anilines is 1. The highest BCUT2D eigenvalue weighted by Gasteiger charge is 1.97. The van der Waals surface area contributed by atoms with E-state index in [1.165, 1.54) is 0 Å². The zero-order chi connectivity index (χ0) is 8.55. The van der Waals surface area contributed by atoms with Crippen molar-refractivity contribution in [2.45, 2.75) is 0 Å². The Morgan fingerprint density at radius 3 is 2.92 bits per heavy atom. The van der Waals surface area contributed by atoms with Gasteiger partial charge in [0.15, 0.2) is 5.95 Å². The number of nitrogens with one attached hydrogen (secondary N) is 2. The summed E-state index contributed by atoms with van der Waals surface area (Å²) in [5, 5.41) is 7.94. The molecule has 0 spiro atoms. The minimum absolute atomic E-state index is 0.352. The molecule has 0 saturated heterocycles. The standard InChI is InChI=1S/C8H8N4/c9-5-3-1-2-4-6-7(5)12-8(10)11-6/h1-4,9H,(H3,10,11,12). The molecule has 0 atom stereocenters. The van der Waals surface area contributed by atoms with Crippen molar-refractivity contribution in [3.05, 3.63) is 29.6 Å². The van der Waals surface area contributed by atoms with Gasteiger partial charge in [-0.05, 0) is 12.1 Å². The first-order chi connectivity index (χ1) is 5.77. The van der Waals surface area contributed by atoms with Crippen LogP contribution in [0.2, 0.25) is 0 Å². The Hall–Kier alpha value is -1.84. The topological polar surface area (TPSA) is 78.5 Å². The quantitative estimate of drug-likeness (QED) is 0.528. The van der Waals surface area contributed by atoms with Crippen LogP contribution in [0.1, 0.15) is 0 Å². The van der Waals surface area contributed by atoms with Gasteiger partial charge in [0.1, 0.15) is 5.52 Å². The van der Waals surface area contributed by atoms with Crippen molar-refractivity contribution in [3.8, 4) is 0 Å². The zero-order valence-corrected chi connectivity index (χ0v) is 6.33. The molecule has 1 aromatic heterocycles. The molecule has 4 N–H and O–H groups in total. The summed E-state index contributed by atoms with van der Waals surface area (Å²) in [7, 11) is 0. The second-order valence-corrected chi connectivity index (χ2v) is 2.52. The summed E-state index contributed by atoms with van der Waals surface area (Å²) in [6.45, 7) is 0. The lowest BCUT2D eigenvalue weighted by molar-refractivity contribution is 1.28. The van der Waals surface area contributed by atoms with E-state index in [-0.39, 0.29) is 0 Å². The van der Waals surface area contributed by atoms with E-state index >= 15 is 0 Å². The first-order valence-corrected chi connectivity index (χ1v) is 3.56. The highest BCUT2D eigenvalue weighted by molar-refractivity contribution is 5.75. The van der Waals surface area contributed by atoms with E-state index in [0.29, 0.717) is 16.8 Å². The van der Waals surface area contributed by atoms with Gasteiger partial charge in [-0.1, -0.05) is 12.1 Å². The molecule has 12 heavy (non-hydrogen) atoms. The molecule has 1 heterocycles. The number of hydrogen-bond acceptors (Lipinski definition) is 3. The van der Waals surface area contributed by atoms with Crippen LogP contribution in [0.15, 0.2) is 24.3 Å². The van der Waals surface area contributed by atoms with Gasteiger partial charge in [0.25, 0.3) is 0 Å². The second kappa shape index (κ2) is 2.34. The van der Waals surface area contributed by atoms with Crippen molar-refractivity contribution in [2.75, 3.05) is 5.73 Å². The molecule has 0 fully saturated rings. The van der Waals surface area contributed by atoms with E-state index in [0.717, 1.165) is 5.52 Å². The molecule has 60 valence electrons. The Morgan fingerprint density at radius 2 is 2.08 bits per heavy atom. The fraction of sp³-hybridized carbons (Fsp3) is 0. The molecule has 0 aliphatic heterocycles. The molecule has 0 saturated carbocycles. The summed E-state index contributed by atoms with van der Waals surface area (Å²) < 4.78 is 0. The van der Waals surface area contributed by atoms with Crippen molar-refractivity contribution in [1.29, 1.82) is 5.41 Å². The normalized spacial score (nSPS) is 10.3. The monoisotopic (exact) mass is 160 g/mol. The maximum atomic E-state index is 7.56. The number of nitrogen functional groups attached to an aromatic ring is 1. The summed E-state index contributed by atoms with van der Waals surface area (Å²) in [5.41, 5.74) is 6.85. The number of nitrogens with two attached hydrogens (primary N) is 1. The van der Waals surface area contributed by atoms with E-state index < -0.39 is 0 Å². The molecule has 1 aromatic carbocycles. The lowest BCUT2D eigenvalue weighted by Gasteiger charge is -1.74.